The van der Waals surface area contributed by atoms with Gasteiger partial charge in [-0.15, -0.1) is 0 Å². The molecule has 0 unspecified atom stereocenters. The summed E-state index contributed by atoms with van der Waals surface area (Å²) in [6.45, 7) is 0.207. The summed E-state index contributed by atoms with van der Waals surface area (Å²) in [6.07, 6.45) is -1.06. The average molecular weight is 273 g/mol. The first-order valence-corrected chi connectivity index (χ1v) is 5.44. The summed E-state index contributed by atoms with van der Waals surface area (Å²) in [7, 11) is 0. The summed E-state index contributed by atoms with van der Waals surface area (Å²) in [5, 5.41) is 8.68. The second-order valence-corrected chi connectivity index (χ2v) is 4.00. The van der Waals surface area contributed by atoms with Gasteiger partial charge in [-0.3, -0.25) is 0 Å². The van der Waals surface area contributed by atoms with E-state index in [-0.39, 0.29) is 31.0 Å². The van der Waals surface area contributed by atoms with Crippen LogP contribution in [0.3, 0.4) is 0 Å². The predicted molar refractivity (Wildman–Crippen MR) is 60.0 cm³/mol. The first kappa shape index (κ1) is 13.3. The van der Waals surface area contributed by atoms with Gasteiger partial charge in [-0.2, -0.15) is 13.2 Å². The predicted octanol–water partition coefficient (Wildman–Crippen LogP) is 1.87. The molecular formula is C11H10F3N3O2. The number of nitrogens with zero attached hydrogens (tertiary/aromatic N) is 3. The Bertz CT molecular complexity index is 511. The van der Waals surface area contributed by atoms with E-state index in [4.69, 9.17) is 5.11 Å². The van der Waals surface area contributed by atoms with Crippen LogP contribution in [0.2, 0.25) is 0 Å². The van der Waals surface area contributed by atoms with Crippen molar-refractivity contribution in [3.63, 3.8) is 0 Å². The molecule has 2 rings (SSSR count). The highest BCUT2D eigenvalue weighted by molar-refractivity contribution is 5.86. The summed E-state index contributed by atoms with van der Waals surface area (Å²) in [6, 6.07) is 0. The number of carboxylic acids is 1. The van der Waals surface area contributed by atoms with Gasteiger partial charge in [0.1, 0.15) is 0 Å². The van der Waals surface area contributed by atoms with Crippen LogP contribution in [0.5, 0.6) is 0 Å². The molecule has 0 bridgehead atoms. The van der Waals surface area contributed by atoms with Crippen LogP contribution < -0.4 is 4.90 Å². The Morgan fingerprint density at radius 2 is 1.95 bits per heavy atom. The molecule has 0 radical (unpaired) electrons. The summed E-state index contributed by atoms with van der Waals surface area (Å²) in [5.41, 5.74) is -0.613. The van der Waals surface area contributed by atoms with Crippen LogP contribution in [0.4, 0.5) is 19.1 Å². The number of carbonyl (C=O) groups is 1. The second-order valence-electron chi connectivity index (χ2n) is 4.00. The number of aromatic nitrogens is 2. The van der Waals surface area contributed by atoms with Crippen LogP contribution in [0.1, 0.15) is 16.8 Å². The highest BCUT2D eigenvalue weighted by Crippen LogP contribution is 2.30. The largest absolute Gasteiger partial charge is 0.478 e. The van der Waals surface area contributed by atoms with Crippen molar-refractivity contribution in [3.05, 3.63) is 29.6 Å². The van der Waals surface area contributed by atoms with Gasteiger partial charge in [-0.25, -0.2) is 14.8 Å². The molecule has 1 aromatic heterocycles. The van der Waals surface area contributed by atoms with Crippen molar-refractivity contribution in [3.8, 4) is 0 Å². The van der Waals surface area contributed by atoms with Gasteiger partial charge in [0.2, 0.25) is 5.95 Å². The third kappa shape index (κ3) is 3.01. The van der Waals surface area contributed by atoms with E-state index in [1.54, 1.807) is 4.90 Å². The van der Waals surface area contributed by atoms with Crippen molar-refractivity contribution in [2.45, 2.75) is 12.6 Å². The third-order valence-electron chi connectivity index (χ3n) is 2.74. The SMILES string of the molecule is O=C(O)c1cnc(N2CC=C(C(F)(F)F)CC2)nc1. The fraction of sp³-hybridized carbons (Fsp3) is 0.364. The Hall–Kier alpha value is -2.12. The Labute approximate surface area is 106 Å². The van der Waals surface area contributed by atoms with Crippen molar-refractivity contribution < 1.29 is 23.1 Å². The Kier molecular flexibility index (Phi) is 3.41. The molecule has 0 amide bonds. The number of halogens is 3. The van der Waals surface area contributed by atoms with E-state index in [9.17, 15) is 18.0 Å². The maximum absolute atomic E-state index is 12.4. The van der Waals surface area contributed by atoms with E-state index in [0.717, 1.165) is 18.5 Å². The van der Waals surface area contributed by atoms with Gasteiger partial charge < -0.3 is 10.0 Å². The van der Waals surface area contributed by atoms with Gasteiger partial charge in [0.15, 0.2) is 0 Å². The van der Waals surface area contributed by atoms with Crippen molar-refractivity contribution in [1.82, 2.24) is 9.97 Å². The number of rotatable bonds is 2. The highest BCUT2D eigenvalue weighted by Gasteiger charge is 2.35. The maximum Gasteiger partial charge on any atom is 0.412 e. The zero-order valence-electron chi connectivity index (χ0n) is 9.68. The lowest BCUT2D eigenvalue weighted by Gasteiger charge is -2.27. The lowest BCUT2D eigenvalue weighted by Crippen LogP contribution is -2.33. The van der Waals surface area contributed by atoms with E-state index in [2.05, 4.69) is 9.97 Å². The molecule has 5 nitrogen and oxygen atoms in total. The number of alkyl halides is 3. The highest BCUT2D eigenvalue weighted by atomic mass is 19.4. The molecule has 1 aliphatic rings. The van der Waals surface area contributed by atoms with Crippen molar-refractivity contribution in [2.24, 2.45) is 0 Å². The topological polar surface area (TPSA) is 66.3 Å². The fourth-order valence-corrected chi connectivity index (χ4v) is 1.70. The normalized spacial score (nSPS) is 16.2. The van der Waals surface area contributed by atoms with Crippen LogP contribution in [0.25, 0.3) is 0 Å². The summed E-state index contributed by atoms with van der Waals surface area (Å²) in [5.74, 6) is -0.924. The van der Waals surface area contributed by atoms with E-state index in [1.165, 1.54) is 0 Å². The zero-order chi connectivity index (χ0) is 14.0. The van der Waals surface area contributed by atoms with Gasteiger partial charge in [0.05, 0.1) is 5.56 Å². The monoisotopic (exact) mass is 273 g/mol. The molecule has 1 aromatic rings. The Balaban J connectivity index is 2.09. The van der Waals surface area contributed by atoms with Gasteiger partial charge in [-0.1, -0.05) is 6.08 Å². The zero-order valence-corrected chi connectivity index (χ0v) is 9.68. The molecule has 1 aliphatic heterocycles. The van der Waals surface area contributed by atoms with Gasteiger partial charge in [0, 0.05) is 31.1 Å². The van der Waals surface area contributed by atoms with Crippen molar-refractivity contribution >= 4 is 11.9 Å². The fourth-order valence-electron chi connectivity index (χ4n) is 1.70. The molecule has 19 heavy (non-hydrogen) atoms. The van der Waals surface area contributed by atoms with E-state index in [1.807, 2.05) is 0 Å². The molecule has 1 N–H and O–H groups in total. The Morgan fingerprint density at radius 3 is 2.37 bits per heavy atom. The van der Waals surface area contributed by atoms with Gasteiger partial charge in [0.25, 0.3) is 0 Å². The molecule has 0 aromatic carbocycles. The van der Waals surface area contributed by atoms with Crippen LogP contribution in [-0.2, 0) is 0 Å². The minimum Gasteiger partial charge on any atom is -0.478 e. The molecule has 2 heterocycles. The molecule has 0 fully saturated rings. The molecule has 0 saturated carbocycles. The second kappa shape index (κ2) is 4.87. The third-order valence-corrected chi connectivity index (χ3v) is 2.74. The molecule has 8 heteroatoms. The molecule has 0 saturated heterocycles. The lowest BCUT2D eigenvalue weighted by atomic mass is 10.1. The first-order valence-electron chi connectivity index (χ1n) is 5.44. The van der Waals surface area contributed by atoms with E-state index >= 15 is 0 Å². The van der Waals surface area contributed by atoms with E-state index < -0.39 is 17.7 Å². The van der Waals surface area contributed by atoms with Gasteiger partial charge in [-0.05, 0) is 6.42 Å². The number of hydrogen-bond donors (Lipinski definition) is 1. The quantitative estimate of drug-likeness (QED) is 0.833. The van der Waals surface area contributed by atoms with Crippen molar-refractivity contribution in [1.29, 1.82) is 0 Å². The lowest BCUT2D eigenvalue weighted by molar-refractivity contribution is -0.0944. The summed E-state index contributed by atoms with van der Waals surface area (Å²) >= 11 is 0. The number of carboxylic acid groups (broad SMARTS) is 1. The average Bonchev–Trinajstić information content (AvgIpc) is 2.38. The molecular weight excluding hydrogens is 263 g/mol. The summed E-state index contributed by atoms with van der Waals surface area (Å²) in [4.78, 5) is 19.8. The molecule has 102 valence electrons. The maximum atomic E-state index is 12.4. The minimum atomic E-state index is -4.29. The van der Waals surface area contributed by atoms with Crippen LogP contribution in [-0.4, -0.2) is 40.3 Å². The Morgan fingerprint density at radius 1 is 1.32 bits per heavy atom. The molecule has 0 aliphatic carbocycles. The van der Waals surface area contributed by atoms with Crippen molar-refractivity contribution in [2.75, 3.05) is 18.0 Å². The number of aromatic carboxylic acids is 1. The first-order chi connectivity index (χ1) is 8.88. The number of hydrogen-bond acceptors (Lipinski definition) is 4. The smallest absolute Gasteiger partial charge is 0.412 e. The van der Waals surface area contributed by atoms with Gasteiger partial charge >= 0.3 is 12.1 Å². The molecule has 0 spiro atoms. The summed E-state index contributed by atoms with van der Waals surface area (Å²) < 4.78 is 37.3. The van der Waals surface area contributed by atoms with Crippen LogP contribution in [0.15, 0.2) is 24.0 Å². The molecule has 0 atom stereocenters. The minimum absolute atomic E-state index is 0.0568. The van der Waals surface area contributed by atoms with Crippen LogP contribution >= 0.6 is 0 Å². The van der Waals surface area contributed by atoms with Crippen LogP contribution in [0, 0.1) is 0 Å². The standard InChI is InChI=1S/C11H10F3N3O2/c12-11(13,14)8-1-3-17(4-2-8)10-15-5-7(6-16-10)9(18)19/h1,5-6H,2-4H2,(H,18,19). The number of anilines is 1. The van der Waals surface area contributed by atoms with E-state index in [0.29, 0.717) is 0 Å².